The van der Waals surface area contributed by atoms with E-state index in [1.807, 2.05) is 0 Å². The molecule has 0 heterocycles. The topological polar surface area (TPSA) is 21.3 Å². The van der Waals surface area contributed by atoms with Gasteiger partial charge in [-0.15, -0.1) is 0 Å². The van der Waals surface area contributed by atoms with Crippen LogP contribution in [0.25, 0.3) is 0 Å². The Morgan fingerprint density at radius 2 is 1.90 bits per heavy atom. The predicted octanol–water partition coefficient (Wildman–Crippen LogP) is 1.38. The second kappa shape index (κ2) is 4.88. The number of rotatable bonds is 5. The normalized spacial score (nSPS) is 12.0. The molecule has 0 radical (unpaired) electrons. The molecule has 0 saturated carbocycles. The molecule has 0 unspecified atom stereocenters. The molecule has 0 fully saturated rings. The molecule has 0 aliphatic rings. The first kappa shape index (κ1) is 10.1. The average molecular weight is 161 g/mol. The van der Waals surface area contributed by atoms with E-state index in [-0.39, 0.29) is 0 Å². The van der Waals surface area contributed by atoms with Crippen molar-refractivity contribution in [2.24, 2.45) is 0 Å². The van der Waals surface area contributed by atoms with Gasteiger partial charge in [0.05, 0.1) is 0 Å². The lowest BCUT2D eigenvalue weighted by Gasteiger charge is -2.21. The number of nitrogens with one attached hydrogen (secondary N) is 1. The van der Waals surface area contributed by atoms with E-state index in [9.17, 15) is 0 Å². The van der Waals surface area contributed by atoms with Crippen LogP contribution >= 0.6 is 0 Å². The van der Waals surface area contributed by atoms with Gasteiger partial charge in [0, 0.05) is 12.8 Å². The van der Waals surface area contributed by atoms with Crippen molar-refractivity contribution in [3.63, 3.8) is 0 Å². The fraction of sp³-hybridized carbons (Fsp3) is 1.00. The minimum atomic E-state index is -1.34. The summed E-state index contributed by atoms with van der Waals surface area (Å²) in [5.74, 6) is 0. The molecule has 0 aliphatic heterocycles. The minimum Gasteiger partial charge on any atom is -0.416 e. The lowest BCUT2D eigenvalue weighted by Crippen LogP contribution is -2.42. The zero-order valence-electron chi connectivity index (χ0n) is 7.53. The molecule has 0 aromatic heterocycles. The third-order valence-corrected chi connectivity index (χ3v) is 3.51. The molecule has 0 atom stereocenters. The van der Waals surface area contributed by atoms with E-state index in [1.165, 1.54) is 0 Å². The van der Waals surface area contributed by atoms with Gasteiger partial charge in [-0.1, -0.05) is 6.92 Å². The molecule has 0 spiro atoms. The van der Waals surface area contributed by atoms with Crippen LogP contribution in [-0.2, 0) is 4.43 Å². The van der Waals surface area contributed by atoms with Crippen molar-refractivity contribution in [1.82, 2.24) is 5.32 Å². The highest BCUT2D eigenvalue weighted by molar-refractivity contribution is 6.71. The van der Waals surface area contributed by atoms with Gasteiger partial charge in [0.1, 0.15) is 0 Å². The van der Waals surface area contributed by atoms with Gasteiger partial charge in [0.25, 0.3) is 0 Å². The van der Waals surface area contributed by atoms with Crippen molar-refractivity contribution in [2.75, 3.05) is 19.3 Å². The molecule has 10 heavy (non-hydrogen) atoms. The molecule has 62 valence electrons. The molecule has 0 rings (SSSR count). The van der Waals surface area contributed by atoms with Gasteiger partial charge in [0.15, 0.2) is 8.32 Å². The van der Waals surface area contributed by atoms with E-state index in [0.29, 0.717) is 0 Å². The van der Waals surface area contributed by atoms with Crippen molar-refractivity contribution in [3.8, 4) is 0 Å². The molecular weight excluding hydrogens is 142 g/mol. The van der Waals surface area contributed by atoms with E-state index in [0.717, 1.165) is 19.3 Å². The third kappa shape index (κ3) is 4.96. The number of hydrogen-bond acceptors (Lipinski definition) is 2. The molecule has 0 aromatic carbocycles. The van der Waals surface area contributed by atoms with Gasteiger partial charge >= 0.3 is 0 Å². The highest BCUT2D eigenvalue weighted by atomic mass is 28.4. The first-order chi connectivity index (χ1) is 4.62. The summed E-state index contributed by atoms with van der Waals surface area (Å²) in [6.07, 6.45) is 1.07. The molecular formula is C7H19NOSi. The minimum absolute atomic E-state index is 0.852. The second-order valence-corrected chi connectivity index (χ2v) is 7.13. The van der Waals surface area contributed by atoms with Gasteiger partial charge in [-0.3, -0.25) is 0 Å². The zero-order valence-corrected chi connectivity index (χ0v) is 8.53. The van der Waals surface area contributed by atoms with Crippen molar-refractivity contribution < 1.29 is 4.43 Å². The zero-order chi connectivity index (χ0) is 8.04. The molecule has 0 aliphatic carbocycles. The van der Waals surface area contributed by atoms with E-state index < -0.39 is 8.32 Å². The number of hydrogen-bond donors (Lipinski definition) is 1. The van der Waals surface area contributed by atoms with Crippen LogP contribution in [0.4, 0.5) is 0 Å². The lowest BCUT2D eigenvalue weighted by atomic mass is 10.8. The van der Waals surface area contributed by atoms with E-state index in [2.05, 4.69) is 32.3 Å². The summed E-state index contributed by atoms with van der Waals surface area (Å²) in [5.41, 5.74) is 0. The van der Waals surface area contributed by atoms with Gasteiger partial charge in [-0.05, 0) is 26.6 Å². The van der Waals surface area contributed by atoms with Crippen LogP contribution in [0, 0.1) is 0 Å². The van der Waals surface area contributed by atoms with Crippen LogP contribution in [0.1, 0.15) is 13.8 Å². The van der Waals surface area contributed by atoms with E-state index >= 15 is 0 Å². The summed E-state index contributed by atoms with van der Waals surface area (Å²) in [7, 11) is -1.34. The Kier molecular flexibility index (Phi) is 4.94. The molecule has 0 bridgehead atoms. The summed E-state index contributed by atoms with van der Waals surface area (Å²) < 4.78 is 5.61. The standard InChI is InChI=1S/C7H19NOSi/c1-5-8-7-10(3,4)9-6-2/h8H,5-7H2,1-4H3. The Hall–Kier alpha value is 0.137. The molecule has 0 saturated heterocycles. The molecule has 2 nitrogen and oxygen atoms in total. The van der Waals surface area contributed by atoms with Gasteiger partial charge in [0.2, 0.25) is 0 Å². The highest BCUT2D eigenvalue weighted by Gasteiger charge is 2.19. The van der Waals surface area contributed by atoms with Crippen molar-refractivity contribution in [3.05, 3.63) is 0 Å². The summed E-state index contributed by atoms with van der Waals surface area (Å²) in [6.45, 7) is 10.5. The first-order valence-electron chi connectivity index (χ1n) is 3.97. The van der Waals surface area contributed by atoms with Crippen LogP contribution in [0.2, 0.25) is 13.1 Å². The smallest absolute Gasteiger partial charge is 0.200 e. The Bertz CT molecular complexity index is 85.7. The fourth-order valence-corrected chi connectivity index (χ4v) is 2.60. The van der Waals surface area contributed by atoms with Crippen LogP contribution in [0.3, 0.4) is 0 Å². The van der Waals surface area contributed by atoms with Crippen molar-refractivity contribution in [1.29, 1.82) is 0 Å². The van der Waals surface area contributed by atoms with E-state index in [1.54, 1.807) is 0 Å². The first-order valence-corrected chi connectivity index (χ1v) is 7.08. The Morgan fingerprint density at radius 3 is 2.30 bits per heavy atom. The maximum atomic E-state index is 5.61. The maximum absolute atomic E-state index is 5.61. The average Bonchev–Trinajstić information content (AvgIpc) is 1.84. The molecule has 3 heteroatoms. The van der Waals surface area contributed by atoms with Crippen LogP contribution in [0.15, 0.2) is 0 Å². The summed E-state index contributed by atoms with van der Waals surface area (Å²) in [5, 5.41) is 3.31. The van der Waals surface area contributed by atoms with Crippen molar-refractivity contribution in [2.45, 2.75) is 26.9 Å². The Balaban J connectivity index is 3.42. The van der Waals surface area contributed by atoms with Crippen LogP contribution < -0.4 is 5.32 Å². The molecule has 0 amide bonds. The SMILES string of the molecule is CCNC[Si](C)(C)OCC. The molecule has 0 aromatic rings. The third-order valence-electron chi connectivity index (χ3n) is 1.34. The summed E-state index contributed by atoms with van der Waals surface area (Å²) >= 11 is 0. The van der Waals surface area contributed by atoms with Crippen LogP contribution in [-0.4, -0.2) is 27.6 Å². The Morgan fingerprint density at radius 1 is 1.30 bits per heavy atom. The van der Waals surface area contributed by atoms with E-state index in [4.69, 9.17) is 4.43 Å². The monoisotopic (exact) mass is 161 g/mol. The largest absolute Gasteiger partial charge is 0.416 e. The summed E-state index contributed by atoms with van der Waals surface area (Å²) in [6, 6.07) is 0. The lowest BCUT2D eigenvalue weighted by molar-refractivity contribution is 0.327. The quantitative estimate of drug-likeness (QED) is 0.615. The Labute approximate surface area is 65.1 Å². The predicted molar refractivity (Wildman–Crippen MR) is 47.7 cm³/mol. The van der Waals surface area contributed by atoms with Gasteiger partial charge < -0.3 is 9.74 Å². The van der Waals surface area contributed by atoms with Crippen molar-refractivity contribution >= 4 is 8.32 Å². The van der Waals surface area contributed by atoms with Gasteiger partial charge in [-0.25, -0.2) is 0 Å². The maximum Gasteiger partial charge on any atom is 0.200 e. The fourth-order valence-electron chi connectivity index (χ4n) is 0.868. The molecule has 1 N–H and O–H groups in total. The second-order valence-electron chi connectivity index (χ2n) is 2.97. The summed E-state index contributed by atoms with van der Waals surface area (Å²) in [4.78, 5) is 0. The van der Waals surface area contributed by atoms with Crippen LogP contribution in [0.5, 0.6) is 0 Å². The highest BCUT2D eigenvalue weighted by Crippen LogP contribution is 2.00. The van der Waals surface area contributed by atoms with Gasteiger partial charge in [-0.2, -0.15) is 0 Å².